The molecule has 0 unspecified atom stereocenters. The Hall–Kier alpha value is -3.48. The van der Waals surface area contributed by atoms with Crippen molar-refractivity contribution in [3.05, 3.63) is 87.5 Å². The minimum Gasteiger partial charge on any atom is -0.496 e. The number of urea groups is 1. The van der Waals surface area contributed by atoms with Gasteiger partial charge in [0.05, 0.1) is 24.0 Å². The van der Waals surface area contributed by atoms with Gasteiger partial charge in [-0.05, 0) is 78.4 Å². The number of aromatic nitrogens is 1. The number of amides is 2. The third kappa shape index (κ3) is 5.60. The first kappa shape index (κ1) is 26.6. The molecular weight excluding hydrogens is 507 g/mol. The molecule has 0 saturated heterocycles. The van der Waals surface area contributed by atoms with Crippen molar-refractivity contribution in [2.24, 2.45) is 0 Å². The van der Waals surface area contributed by atoms with Crippen LogP contribution in [0.15, 0.2) is 60.8 Å². The molecule has 3 aromatic carbocycles. The maximum absolute atomic E-state index is 14.0. The van der Waals surface area contributed by atoms with Crippen LogP contribution in [0.5, 0.6) is 5.75 Å². The summed E-state index contributed by atoms with van der Waals surface area (Å²) in [6.07, 6.45) is 3.63. The average molecular weight is 537 g/mol. The van der Waals surface area contributed by atoms with Gasteiger partial charge < -0.3 is 15.8 Å². The predicted molar refractivity (Wildman–Crippen MR) is 154 cm³/mol. The fourth-order valence-corrected chi connectivity index (χ4v) is 5.03. The first-order chi connectivity index (χ1) is 17.9. The number of nitrogens with zero attached hydrogens (tertiary/aromatic N) is 2. The number of methoxy groups -OCH3 is 1. The number of carbonyl (C=O) groups excluding carboxylic acids is 1. The fraction of sp³-hybridized carbons (Fsp3) is 0.241. The summed E-state index contributed by atoms with van der Waals surface area (Å²) in [6.45, 7) is 4.42. The molecule has 0 aliphatic rings. The number of nitrogens with two attached hydrogens (primary N) is 1. The molecule has 37 heavy (non-hydrogen) atoms. The lowest BCUT2D eigenvalue weighted by Gasteiger charge is -2.27. The van der Waals surface area contributed by atoms with Crippen LogP contribution in [-0.2, 0) is 19.3 Å². The molecular formula is C29H30Cl2N4O2. The molecule has 0 aliphatic carbocycles. The van der Waals surface area contributed by atoms with Crippen LogP contribution in [0, 0.1) is 0 Å². The molecule has 0 aliphatic heterocycles. The topological polar surface area (TPSA) is 80.5 Å². The Bertz CT molecular complexity index is 1400. The van der Waals surface area contributed by atoms with Crippen molar-refractivity contribution in [1.29, 1.82) is 0 Å². The first-order valence-corrected chi connectivity index (χ1v) is 13.0. The quantitative estimate of drug-likeness (QED) is 0.228. The number of fused-ring (bicyclic) bond motifs is 1. The summed E-state index contributed by atoms with van der Waals surface area (Å²) < 4.78 is 5.55. The molecule has 1 aromatic heterocycles. The third-order valence-electron chi connectivity index (χ3n) is 6.46. The highest BCUT2D eigenvalue weighted by Gasteiger charge is 2.23. The van der Waals surface area contributed by atoms with Crippen LogP contribution in [0.2, 0.25) is 10.0 Å². The van der Waals surface area contributed by atoms with Crippen molar-refractivity contribution in [1.82, 2.24) is 4.98 Å². The zero-order chi connectivity index (χ0) is 26.5. The number of benzene rings is 3. The first-order valence-electron chi connectivity index (χ1n) is 12.2. The van der Waals surface area contributed by atoms with Gasteiger partial charge in [-0.25, -0.2) is 4.79 Å². The van der Waals surface area contributed by atoms with E-state index in [2.05, 4.69) is 10.3 Å². The molecule has 0 bridgehead atoms. The highest BCUT2D eigenvalue weighted by molar-refractivity contribution is 6.32. The molecule has 0 atom stereocenters. The second-order valence-corrected chi connectivity index (χ2v) is 9.48. The molecule has 1 heterocycles. The molecule has 3 N–H and O–H groups in total. The predicted octanol–water partition coefficient (Wildman–Crippen LogP) is 7.54. The average Bonchev–Trinajstić information content (AvgIpc) is 2.90. The summed E-state index contributed by atoms with van der Waals surface area (Å²) in [5.74, 6) is 0.689. The standard InChI is InChI=1S/C29H30Cl2N4O2/c1-4-20-23(31)17-24(32)21(5-2)27(20)34-29(36)35(16-14-18-8-10-19(30)11-9-18)25-12-13-26(37-3)22-7-6-15-33-28(22)25/h6-13,15,17H,4-5,14,16,32H2,1-3H3,(H,34,36). The van der Waals surface area contributed by atoms with Gasteiger partial charge in [0.25, 0.3) is 0 Å². The van der Waals surface area contributed by atoms with E-state index in [9.17, 15) is 4.79 Å². The minimum atomic E-state index is -0.294. The van der Waals surface area contributed by atoms with Crippen molar-refractivity contribution < 1.29 is 9.53 Å². The maximum atomic E-state index is 14.0. The van der Waals surface area contributed by atoms with E-state index in [0.717, 1.165) is 22.1 Å². The molecule has 2 amide bonds. The van der Waals surface area contributed by atoms with Crippen LogP contribution in [0.4, 0.5) is 21.9 Å². The summed E-state index contributed by atoms with van der Waals surface area (Å²) >= 11 is 12.6. The summed E-state index contributed by atoms with van der Waals surface area (Å²) in [6, 6.07) is 16.6. The smallest absolute Gasteiger partial charge is 0.326 e. The van der Waals surface area contributed by atoms with E-state index < -0.39 is 0 Å². The molecule has 4 rings (SSSR count). The molecule has 0 fully saturated rings. The second kappa shape index (κ2) is 11.7. The number of rotatable bonds is 8. The van der Waals surface area contributed by atoms with Crippen LogP contribution >= 0.6 is 23.2 Å². The fourth-order valence-electron chi connectivity index (χ4n) is 4.56. The van der Waals surface area contributed by atoms with Crippen LogP contribution in [-0.4, -0.2) is 24.7 Å². The minimum absolute atomic E-state index is 0.294. The number of nitrogen functional groups attached to an aromatic ring is 1. The van der Waals surface area contributed by atoms with Crippen molar-refractivity contribution in [3.63, 3.8) is 0 Å². The number of hydrogen-bond acceptors (Lipinski definition) is 4. The lowest BCUT2D eigenvalue weighted by atomic mass is 10.0. The van der Waals surface area contributed by atoms with E-state index >= 15 is 0 Å². The zero-order valence-corrected chi connectivity index (χ0v) is 22.7. The number of pyridine rings is 1. The Balaban J connectivity index is 1.79. The van der Waals surface area contributed by atoms with Crippen LogP contribution in [0.25, 0.3) is 10.9 Å². The zero-order valence-electron chi connectivity index (χ0n) is 21.1. The molecule has 192 valence electrons. The van der Waals surface area contributed by atoms with Gasteiger partial charge >= 0.3 is 6.03 Å². The lowest BCUT2D eigenvalue weighted by Crippen LogP contribution is -2.37. The van der Waals surface area contributed by atoms with E-state index in [1.165, 1.54) is 0 Å². The second-order valence-electron chi connectivity index (χ2n) is 8.63. The largest absolute Gasteiger partial charge is 0.496 e. The van der Waals surface area contributed by atoms with Gasteiger partial charge in [-0.15, -0.1) is 0 Å². The molecule has 0 saturated carbocycles. The van der Waals surface area contributed by atoms with E-state index in [0.29, 0.717) is 64.2 Å². The molecule has 0 radical (unpaired) electrons. The normalized spacial score (nSPS) is 10.9. The van der Waals surface area contributed by atoms with E-state index in [4.69, 9.17) is 33.7 Å². The van der Waals surface area contributed by atoms with Gasteiger partial charge in [0, 0.05) is 33.9 Å². The Labute approximate surface area is 227 Å². The Morgan fingerprint density at radius 3 is 2.46 bits per heavy atom. The van der Waals surface area contributed by atoms with Crippen LogP contribution in [0.3, 0.4) is 0 Å². The molecule has 8 heteroatoms. The summed E-state index contributed by atoms with van der Waals surface area (Å²) in [5, 5.41) is 5.17. The summed E-state index contributed by atoms with van der Waals surface area (Å²) in [4.78, 5) is 20.3. The number of halogens is 2. The van der Waals surface area contributed by atoms with E-state index in [1.54, 1.807) is 24.3 Å². The van der Waals surface area contributed by atoms with Crippen LogP contribution < -0.4 is 20.7 Å². The monoisotopic (exact) mass is 536 g/mol. The van der Waals surface area contributed by atoms with Crippen molar-refractivity contribution in [2.75, 3.05) is 29.6 Å². The third-order valence-corrected chi connectivity index (χ3v) is 7.05. The summed E-state index contributed by atoms with van der Waals surface area (Å²) in [7, 11) is 1.62. The van der Waals surface area contributed by atoms with Gasteiger partial charge in [-0.3, -0.25) is 9.88 Å². The van der Waals surface area contributed by atoms with E-state index in [1.807, 2.05) is 62.4 Å². The highest BCUT2D eigenvalue weighted by atomic mass is 35.5. The van der Waals surface area contributed by atoms with Gasteiger partial charge in [-0.1, -0.05) is 49.2 Å². The number of ether oxygens (including phenoxy) is 1. The van der Waals surface area contributed by atoms with Gasteiger partial charge in [0.2, 0.25) is 0 Å². The SMILES string of the molecule is CCc1c(N)cc(Cl)c(CC)c1NC(=O)N(CCc1ccc(Cl)cc1)c1ccc(OC)c2cccnc12. The van der Waals surface area contributed by atoms with Gasteiger partial charge in [0.1, 0.15) is 5.75 Å². The van der Waals surface area contributed by atoms with Gasteiger partial charge in [0.15, 0.2) is 0 Å². The molecule has 0 spiro atoms. The molecule has 4 aromatic rings. The van der Waals surface area contributed by atoms with E-state index in [-0.39, 0.29) is 6.03 Å². The highest BCUT2D eigenvalue weighted by Crippen LogP contribution is 2.36. The number of hydrogen-bond donors (Lipinski definition) is 2. The number of nitrogens with one attached hydrogen (secondary N) is 1. The van der Waals surface area contributed by atoms with Gasteiger partial charge in [-0.2, -0.15) is 0 Å². The van der Waals surface area contributed by atoms with Crippen LogP contribution in [0.1, 0.15) is 30.5 Å². The maximum Gasteiger partial charge on any atom is 0.326 e. The Morgan fingerprint density at radius 1 is 1.05 bits per heavy atom. The molecule has 6 nitrogen and oxygen atoms in total. The number of carbonyl (C=O) groups is 1. The van der Waals surface area contributed by atoms with Crippen molar-refractivity contribution >= 4 is 57.2 Å². The number of anilines is 3. The Kier molecular flexibility index (Phi) is 8.41. The lowest BCUT2D eigenvalue weighted by molar-refractivity contribution is 0.257. The summed E-state index contributed by atoms with van der Waals surface area (Å²) in [5.41, 5.74) is 11.6. The van der Waals surface area contributed by atoms with Crippen molar-refractivity contribution in [2.45, 2.75) is 33.1 Å². The van der Waals surface area contributed by atoms with Crippen molar-refractivity contribution in [3.8, 4) is 5.75 Å². The Morgan fingerprint density at radius 2 is 1.78 bits per heavy atom.